The lowest BCUT2D eigenvalue weighted by atomic mass is 10.0. The Balaban J connectivity index is 1.72. The number of nitrogens with one attached hydrogen (secondary N) is 1. The van der Waals surface area contributed by atoms with E-state index in [1.165, 1.54) is 17.2 Å². The van der Waals surface area contributed by atoms with Crippen molar-refractivity contribution >= 4 is 11.6 Å². The zero-order chi connectivity index (χ0) is 14.7. The number of hydrogen-bond acceptors (Lipinski definition) is 2. The second kappa shape index (κ2) is 6.46. The minimum atomic E-state index is -0.332. The molecule has 1 aliphatic rings. The quantitative estimate of drug-likeness (QED) is 0.932. The average molecular weight is 306 g/mol. The molecule has 0 radical (unpaired) electrons. The van der Waals surface area contributed by atoms with Gasteiger partial charge in [0.15, 0.2) is 0 Å². The molecular weight excluding hydrogens is 289 g/mol. The van der Waals surface area contributed by atoms with Crippen LogP contribution in [0.1, 0.15) is 16.7 Å². The fourth-order valence-corrected chi connectivity index (χ4v) is 2.70. The van der Waals surface area contributed by atoms with Crippen LogP contribution in [0, 0.1) is 5.82 Å². The van der Waals surface area contributed by atoms with Crippen LogP contribution in [0.2, 0.25) is 5.02 Å². The van der Waals surface area contributed by atoms with E-state index in [0.29, 0.717) is 10.6 Å². The largest absolute Gasteiger partial charge is 0.489 e. The number of ether oxygens (including phenoxy) is 1. The average Bonchev–Trinajstić information content (AvgIpc) is 2.71. The summed E-state index contributed by atoms with van der Waals surface area (Å²) in [6, 6.07) is 10.8. The van der Waals surface area contributed by atoms with Crippen LogP contribution in [0.5, 0.6) is 5.75 Å². The maximum Gasteiger partial charge on any atom is 0.131 e. The molecular formula is C17H17ClFNO. The molecule has 0 spiro atoms. The Bertz CT molecular complexity index is 645. The smallest absolute Gasteiger partial charge is 0.131 e. The maximum absolute atomic E-state index is 13.7. The molecule has 2 aromatic carbocycles. The summed E-state index contributed by atoms with van der Waals surface area (Å²) >= 11 is 5.74. The second-order valence-electron chi connectivity index (χ2n) is 5.20. The van der Waals surface area contributed by atoms with Crippen LogP contribution in [0.25, 0.3) is 0 Å². The van der Waals surface area contributed by atoms with Gasteiger partial charge >= 0.3 is 0 Å². The summed E-state index contributed by atoms with van der Waals surface area (Å²) in [6.07, 6.45) is 2.04. The topological polar surface area (TPSA) is 21.3 Å². The highest BCUT2D eigenvalue weighted by molar-refractivity contribution is 6.30. The molecule has 0 aromatic heterocycles. The molecule has 2 nitrogen and oxygen atoms in total. The van der Waals surface area contributed by atoms with Gasteiger partial charge in [0.1, 0.15) is 18.2 Å². The summed E-state index contributed by atoms with van der Waals surface area (Å²) in [5.74, 6) is 0.450. The fraction of sp³-hybridized carbons (Fsp3) is 0.294. The first-order valence-corrected chi connectivity index (χ1v) is 7.49. The monoisotopic (exact) mass is 305 g/mol. The Hall–Kier alpha value is -1.58. The molecule has 110 valence electrons. The molecule has 0 bridgehead atoms. The van der Waals surface area contributed by atoms with Crippen molar-refractivity contribution in [2.75, 3.05) is 13.1 Å². The highest BCUT2D eigenvalue weighted by atomic mass is 35.5. The van der Waals surface area contributed by atoms with Gasteiger partial charge in [-0.25, -0.2) is 4.39 Å². The first kappa shape index (κ1) is 14.4. The molecule has 0 saturated carbocycles. The molecule has 0 atom stereocenters. The molecule has 21 heavy (non-hydrogen) atoms. The third-order valence-electron chi connectivity index (χ3n) is 3.73. The van der Waals surface area contributed by atoms with Crippen LogP contribution >= 0.6 is 11.6 Å². The molecule has 0 amide bonds. The van der Waals surface area contributed by atoms with E-state index in [1.54, 1.807) is 12.1 Å². The predicted octanol–water partition coefficient (Wildman–Crippen LogP) is 3.75. The number of halogens is 2. The minimum Gasteiger partial charge on any atom is -0.489 e. The van der Waals surface area contributed by atoms with Gasteiger partial charge in [-0.1, -0.05) is 23.7 Å². The summed E-state index contributed by atoms with van der Waals surface area (Å²) < 4.78 is 19.4. The predicted molar refractivity (Wildman–Crippen MR) is 82.5 cm³/mol. The molecule has 0 saturated heterocycles. The summed E-state index contributed by atoms with van der Waals surface area (Å²) in [6.45, 7) is 2.21. The zero-order valence-corrected chi connectivity index (χ0v) is 12.4. The van der Waals surface area contributed by atoms with Crippen molar-refractivity contribution in [2.45, 2.75) is 19.4 Å². The fourth-order valence-electron chi connectivity index (χ4n) is 2.54. The number of hydrogen-bond donors (Lipinski definition) is 1. The normalized spacial score (nSPS) is 14.4. The Morgan fingerprint density at radius 2 is 1.86 bits per heavy atom. The van der Waals surface area contributed by atoms with E-state index >= 15 is 0 Å². The highest BCUT2D eigenvalue weighted by Crippen LogP contribution is 2.22. The van der Waals surface area contributed by atoms with Crippen LogP contribution in [-0.2, 0) is 19.4 Å². The van der Waals surface area contributed by atoms with E-state index in [-0.39, 0.29) is 12.4 Å². The van der Waals surface area contributed by atoms with E-state index in [2.05, 4.69) is 17.4 Å². The van der Waals surface area contributed by atoms with Crippen molar-refractivity contribution in [2.24, 2.45) is 0 Å². The molecule has 2 aromatic rings. The van der Waals surface area contributed by atoms with Gasteiger partial charge in [-0.3, -0.25) is 0 Å². The van der Waals surface area contributed by atoms with Crippen LogP contribution in [-0.4, -0.2) is 13.1 Å². The lowest BCUT2D eigenvalue weighted by Crippen LogP contribution is -2.16. The van der Waals surface area contributed by atoms with Crippen LogP contribution in [0.15, 0.2) is 36.4 Å². The zero-order valence-electron chi connectivity index (χ0n) is 11.7. The molecule has 1 aliphatic heterocycles. The Morgan fingerprint density at radius 3 is 2.67 bits per heavy atom. The number of fused-ring (bicyclic) bond motifs is 1. The summed E-state index contributed by atoms with van der Waals surface area (Å²) in [4.78, 5) is 0. The van der Waals surface area contributed by atoms with Crippen LogP contribution in [0.4, 0.5) is 4.39 Å². The van der Waals surface area contributed by atoms with E-state index in [1.807, 2.05) is 6.07 Å². The number of benzene rings is 2. The van der Waals surface area contributed by atoms with E-state index < -0.39 is 0 Å². The van der Waals surface area contributed by atoms with Crippen molar-refractivity contribution < 1.29 is 9.13 Å². The molecule has 1 heterocycles. The van der Waals surface area contributed by atoms with Crippen LogP contribution in [0.3, 0.4) is 0 Å². The maximum atomic E-state index is 13.7. The van der Waals surface area contributed by atoms with Crippen molar-refractivity contribution in [1.82, 2.24) is 5.32 Å². The van der Waals surface area contributed by atoms with Gasteiger partial charge in [-0.15, -0.1) is 0 Å². The molecule has 1 N–H and O–H groups in total. The lowest BCUT2D eigenvalue weighted by Gasteiger charge is -2.11. The summed E-state index contributed by atoms with van der Waals surface area (Å²) in [7, 11) is 0. The van der Waals surface area contributed by atoms with Crippen molar-refractivity contribution in [3.05, 3.63) is 63.9 Å². The van der Waals surface area contributed by atoms with E-state index in [9.17, 15) is 4.39 Å². The third-order valence-corrected chi connectivity index (χ3v) is 3.96. The third kappa shape index (κ3) is 3.55. The van der Waals surface area contributed by atoms with Gasteiger partial charge in [0.2, 0.25) is 0 Å². The Labute approximate surface area is 128 Å². The van der Waals surface area contributed by atoms with Gasteiger partial charge in [0.05, 0.1) is 0 Å². The molecule has 3 rings (SSSR count). The van der Waals surface area contributed by atoms with E-state index in [0.717, 1.165) is 31.7 Å². The number of rotatable bonds is 3. The van der Waals surface area contributed by atoms with E-state index in [4.69, 9.17) is 16.3 Å². The Morgan fingerprint density at radius 1 is 1.05 bits per heavy atom. The molecule has 0 fully saturated rings. The Kier molecular flexibility index (Phi) is 4.42. The summed E-state index contributed by atoms with van der Waals surface area (Å²) in [5.41, 5.74) is 3.19. The first-order valence-electron chi connectivity index (χ1n) is 7.11. The second-order valence-corrected chi connectivity index (χ2v) is 5.64. The standard InChI is InChI=1S/C17H17ClFNO/c18-15-3-1-14(17(19)10-15)11-21-16-4-2-12-5-7-20-8-6-13(12)9-16/h1-4,9-10,20H,5-8,11H2. The van der Waals surface area contributed by atoms with Gasteiger partial charge in [-0.2, -0.15) is 0 Å². The molecule has 0 unspecified atom stereocenters. The van der Waals surface area contributed by atoms with Crippen molar-refractivity contribution in [1.29, 1.82) is 0 Å². The van der Waals surface area contributed by atoms with Gasteiger partial charge in [0, 0.05) is 10.6 Å². The van der Waals surface area contributed by atoms with Gasteiger partial charge in [-0.05, 0) is 61.3 Å². The summed E-state index contributed by atoms with van der Waals surface area (Å²) in [5, 5.41) is 3.78. The molecule has 0 aliphatic carbocycles. The van der Waals surface area contributed by atoms with Crippen LogP contribution < -0.4 is 10.1 Å². The minimum absolute atomic E-state index is 0.208. The van der Waals surface area contributed by atoms with Crippen molar-refractivity contribution in [3.8, 4) is 5.75 Å². The lowest BCUT2D eigenvalue weighted by molar-refractivity contribution is 0.299. The van der Waals surface area contributed by atoms with Gasteiger partial charge in [0.25, 0.3) is 0 Å². The molecule has 4 heteroatoms. The SMILES string of the molecule is Fc1cc(Cl)ccc1COc1ccc2c(c1)CCNCC2. The first-order chi connectivity index (χ1) is 10.2. The highest BCUT2D eigenvalue weighted by Gasteiger charge is 2.09. The van der Waals surface area contributed by atoms with Gasteiger partial charge < -0.3 is 10.1 Å². The van der Waals surface area contributed by atoms with Crippen molar-refractivity contribution in [3.63, 3.8) is 0 Å².